The summed E-state index contributed by atoms with van der Waals surface area (Å²) in [6.07, 6.45) is 7.13. The summed E-state index contributed by atoms with van der Waals surface area (Å²) in [5.41, 5.74) is 0. The van der Waals surface area contributed by atoms with Crippen molar-refractivity contribution in [2.75, 3.05) is 13.3 Å². The Morgan fingerprint density at radius 2 is 1.54 bits per heavy atom. The molecule has 0 aliphatic carbocycles. The minimum atomic E-state index is -3.23. The summed E-state index contributed by atoms with van der Waals surface area (Å²) in [6, 6.07) is 0. The third kappa shape index (κ3) is 12.3. The number of rotatable bonds is 8. The van der Waals surface area contributed by atoms with Gasteiger partial charge in [0.05, 0.1) is 0 Å². The van der Waals surface area contributed by atoms with Gasteiger partial charge < -0.3 is 0 Å². The Labute approximate surface area is 81.7 Å². The maximum atomic E-state index is 8.93. The predicted molar refractivity (Wildman–Crippen MR) is 58.0 cm³/mol. The van der Waals surface area contributed by atoms with Crippen LogP contribution in [0.1, 0.15) is 45.4 Å². The first-order valence-corrected chi connectivity index (χ1v) is 7.45. The molecule has 0 saturated carbocycles. The molecule has 0 bridgehead atoms. The van der Waals surface area contributed by atoms with E-state index in [1.165, 1.54) is 32.3 Å². The second-order valence-corrected chi connectivity index (χ2v) is 5.71. The molecule has 0 atom stereocenters. The zero-order valence-corrected chi connectivity index (χ0v) is 9.75. The van der Waals surface area contributed by atoms with Crippen LogP contribution in [0.5, 0.6) is 0 Å². The Kier molecular flexibility index (Phi) is 7.87. The second-order valence-electron chi connectivity index (χ2n) is 3.55. The van der Waals surface area contributed by atoms with Gasteiger partial charge in [-0.3, -0.25) is 0 Å². The van der Waals surface area contributed by atoms with Gasteiger partial charge in [-0.1, -0.05) is 0 Å². The Balaban J connectivity index is 3.00. The molecule has 0 radical (unpaired) electrons. The summed E-state index contributed by atoms with van der Waals surface area (Å²) in [7, 11) is -3.23. The summed E-state index contributed by atoms with van der Waals surface area (Å²) >= 11 is 0. The molecule has 0 aromatic carbocycles. The molecule has 0 heterocycles. The first-order chi connectivity index (χ1) is 6.06. The first-order valence-electron chi connectivity index (χ1n) is 5.15. The van der Waals surface area contributed by atoms with E-state index in [0.717, 1.165) is 12.8 Å². The van der Waals surface area contributed by atoms with Crippen LogP contribution < -0.4 is 0 Å². The van der Waals surface area contributed by atoms with Gasteiger partial charge in [0.1, 0.15) is 0 Å². The third-order valence-corrected chi connectivity index (χ3v) is 2.62. The van der Waals surface area contributed by atoms with E-state index in [1.54, 1.807) is 0 Å². The average Bonchev–Trinajstić information content (AvgIpc) is 2.01. The zero-order valence-electron chi connectivity index (χ0n) is 8.75. The molecular weight excluding hydrogens is 187 g/mol. The maximum absolute atomic E-state index is 8.93. The molecular formula is C9H23O3P. The Hall–Kier alpha value is 0.310. The quantitative estimate of drug-likeness (QED) is 0.478. The molecule has 0 rings (SSSR count). The Morgan fingerprint density at radius 3 is 2.08 bits per heavy atom. The van der Waals surface area contributed by atoms with Crippen molar-refractivity contribution in [2.24, 2.45) is 0 Å². The minimum absolute atomic E-state index is 0.488. The van der Waals surface area contributed by atoms with Gasteiger partial charge in [-0.2, -0.15) is 0 Å². The number of hydrogen-bond donors (Lipinski definition) is 2. The molecule has 0 aliphatic heterocycles. The van der Waals surface area contributed by atoms with Gasteiger partial charge in [0, 0.05) is 0 Å². The SMILES string of the molecule is CCCCCCCCO[PH](C)(O)O. The molecule has 0 aliphatic rings. The van der Waals surface area contributed by atoms with Gasteiger partial charge in [0.25, 0.3) is 0 Å². The zero-order chi connectivity index (χ0) is 10.2. The Morgan fingerprint density at radius 1 is 1.00 bits per heavy atom. The van der Waals surface area contributed by atoms with Crippen molar-refractivity contribution in [1.82, 2.24) is 0 Å². The molecule has 3 nitrogen and oxygen atoms in total. The summed E-state index contributed by atoms with van der Waals surface area (Å²) in [6.45, 7) is 4.05. The van der Waals surface area contributed by atoms with Gasteiger partial charge >= 0.3 is 81.0 Å². The van der Waals surface area contributed by atoms with Crippen molar-refractivity contribution in [2.45, 2.75) is 45.4 Å². The van der Waals surface area contributed by atoms with E-state index in [1.807, 2.05) is 0 Å². The van der Waals surface area contributed by atoms with Crippen molar-refractivity contribution in [3.05, 3.63) is 0 Å². The fraction of sp³-hybridized carbons (Fsp3) is 1.00. The van der Waals surface area contributed by atoms with Crippen molar-refractivity contribution in [3.8, 4) is 0 Å². The molecule has 0 saturated heterocycles. The van der Waals surface area contributed by atoms with Crippen LogP contribution in [-0.4, -0.2) is 23.1 Å². The molecule has 0 unspecified atom stereocenters. The van der Waals surface area contributed by atoms with Crippen molar-refractivity contribution < 1.29 is 14.3 Å². The molecule has 13 heavy (non-hydrogen) atoms. The number of hydrogen-bond acceptors (Lipinski definition) is 3. The van der Waals surface area contributed by atoms with Crippen LogP contribution >= 0.6 is 7.94 Å². The molecule has 2 N–H and O–H groups in total. The van der Waals surface area contributed by atoms with Crippen LogP contribution in [0.3, 0.4) is 0 Å². The molecule has 0 aromatic heterocycles. The third-order valence-electron chi connectivity index (χ3n) is 1.87. The van der Waals surface area contributed by atoms with Crippen LogP contribution in [0.4, 0.5) is 0 Å². The molecule has 0 aromatic rings. The van der Waals surface area contributed by atoms with Crippen LogP contribution in [-0.2, 0) is 4.52 Å². The van der Waals surface area contributed by atoms with E-state index < -0.39 is 7.94 Å². The molecule has 0 amide bonds. The van der Waals surface area contributed by atoms with E-state index in [0.29, 0.717) is 6.61 Å². The normalized spacial score (nSPS) is 13.2. The van der Waals surface area contributed by atoms with Gasteiger partial charge in [-0.25, -0.2) is 0 Å². The van der Waals surface area contributed by atoms with Crippen molar-refractivity contribution in [3.63, 3.8) is 0 Å². The average molecular weight is 210 g/mol. The number of unbranched alkanes of at least 4 members (excludes halogenated alkanes) is 5. The second kappa shape index (κ2) is 7.69. The van der Waals surface area contributed by atoms with Crippen LogP contribution in [0.15, 0.2) is 0 Å². The van der Waals surface area contributed by atoms with E-state index >= 15 is 0 Å². The van der Waals surface area contributed by atoms with E-state index in [9.17, 15) is 0 Å². The fourth-order valence-electron chi connectivity index (χ4n) is 1.15. The van der Waals surface area contributed by atoms with E-state index in [2.05, 4.69) is 6.92 Å². The standard InChI is InChI=1S/C9H23O3P/c1-3-4-5-6-7-8-9-12-13(2,10)11/h10-11,13H,3-9H2,1-2H3. The summed E-state index contributed by atoms with van der Waals surface area (Å²) in [5, 5.41) is 0. The molecule has 0 fully saturated rings. The summed E-state index contributed by atoms with van der Waals surface area (Å²) < 4.78 is 4.89. The van der Waals surface area contributed by atoms with E-state index in [4.69, 9.17) is 14.3 Å². The van der Waals surface area contributed by atoms with Crippen molar-refractivity contribution >= 4 is 7.94 Å². The monoisotopic (exact) mass is 210 g/mol. The van der Waals surface area contributed by atoms with Gasteiger partial charge in [0.2, 0.25) is 0 Å². The first kappa shape index (κ1) is 13.3. The van der Waals surface area contributed by atoms with Crippen LogP contribution in [0, 0.1) is 0 Å². The van der Waals surface area contributed by atoms with Crippen LogP contribution in [0.2, 0.25) is 0 Å². The predicted octanol–water partition coefficient (Wildman–Crippen LogP) is 2.47. The molecule has 4 heteroatoms. The fourth-order valence-corrected chi connectivity index (χ4v) is 1.68. The van der Waals surface area contributed by atoms with Gasteiger partial charge in [0.15, 0.2) is 0 Å². The van der Waals surface area contributed by atoms with Crippen LogP contribution in [0.25, 0.3) is 0 Å². The van der Waals surface area contributed by atoms with Gasteiger partial charge in [-0.15, -0.1) is 0 Å². The topological polar surface area (TPSA) is 49.7 Å². The molecule has 0 spiro atoms. The van der Waals surface area contributed by atoms with Gasteiger partial charge in [-0.05, 0) is 0 Å². The Bertz CT molecular complexity index is 112. The molecule has 82 valence electrons. The summed E-state index contributed by atoms with van der Waals surface area (Å²) in [4.78, 5) is 17.9. The van der Waals surface area contributed by atoms with E-state index in [-0.39, 0.29) is 0 Å². The van der Waals surface area contributed by atoms with Crippen molar-refractivity contribution in [1.29, 1.82) is 0 Å². The summed E-state index contributed by atoms with van der Waals surface area (Å²) in [5.74, 6) is 0.